The third-order valence-electron chi connectivity index (χ3n) is 3.04. The molecular formula is C17H16N2O. The van der Waals surface area contributed by atoms with E-state index in [1.807, 2.05) is 42.5 Å². The molecule has 1 unspecified atom stereocenters. The van der Waals surface area contributed by atoms with E-state index in [0.717, 1.165) is 11.1 Å². The van der Waals surface area contributed by atoms with Crippen LogP contribution in [0.5, 0.6) is 0 Å². The molecule has 0 heterocycles. The molecule has 0 aliphatic carbocycles. The number of amides is 1. The Kier molecular flexibility index (Phi) is 4.52. The van der Waals surface area contributed by atoms with Gasteiger partial charge in [-0.25, -0.2) is 0 Å². The second-order valence-corrected chi connectivity index (χ2v) is 4.68. The van der Waals surface area contributed by atoms with Gasteiger partial charge in [0, 0.05) is 12.1 Å². The van der Waals surface area contributed by atoms with E-state index in [4.69, 9.17) is 5.26 Å². The summed E-state index contributed by atoms with van der Waals surface area (Å²) in [6.07, 6.45) is 0. The van der Waals surface area contributed by atoms with Gasteiger partial charge in [-0.1, -0.05) is 42.5 Å². The van der Waals surface area contributed by atoms with Crippen molar-refractivity contribution in [1.82, 2.24) is 5.32 Å². The maximum atomic E-state index is 11.9. The molecule has 1 atom stereocenters. The summed E-state index contributed by atoms with van der Waals surface area (Å²) >= 11 is 0. The van der Waals surface area contributed by atoms with Crippen molar-refractivity contribution in [2.45, 2.75) is 6.92 Å². The zero-order chi connectivity index (χ0) is 14.4. The van der Waals surface area contributed by atoms with E-state index in [0.29, 0.717) is 12.1 Å². The number of rotatable bonds is 4. The lowest BCUT2D eigenvalue weighted by Crippen LogP contribution is -2.27. The molecule has 0 aliphatic rings. The first-order chi connectivity index (χ1) is 9.70. The molecule has 2 aromatic rings. The molecule has 0 radical (unpaired) electrons. The van der Waals surface area contributed by atoms with Crippen molar-refractivity contribution in [3.05, 3.63) is 60.2 Å². The summed E-state index contributed by atoms with van der Waals surface area (Å²) in [5.41, 5.74) is 2.81. The van der Waals surface area contributed by atoms with Crippen LogP contribution in [-0.4, -0.2) is 12.5 Å². The zero-order valence-electron chi connectivity index (χ0n) is 11.3. The van der Waals surface area contributed by atoms with Crippen LogP contribution >= 0.6 is 0 Å². The van der Waals surface area contributed by atoms with Gasteiger partial charge in [0.2, 0.25) is 0 Å². The van der Waals surface area contributed by atoms with E-state index in [2.05, 4.69) is 11.4 Å². The van der Waals surface area contributed by atoms with Gasteiger partial charge in [-0.15, -0.1) is 0 Å². The molecule has 0 aromatic heterocycles. The molecule has 1 amide bonds. The van der Waals surface area contributed by atoms with Gasteiger partial charge in [-0.2, -0.15) is 5.26 Å². The number of hydrogen-bond acceptors (Lipinski definition) is 2. The van der Waals surface area contributed by atoms with Gasteiger partial charge in [0.25, 0.3) is 5.91 Å². The highest BCUT2D eigenvalue weighted by atomic mass is 16.1. The third kappa shape index (κ3) is 3.46. The largest absolute Gasteiger partial charge is 0.351 e. The fraction of sp³-hybridized carbons (Fsp3) is 0.176. The summed E-state index contributed by atoms with van der Waals surface area (Å²) in [6.45, 7) is 2.15. The minimum Gasteiger partial charge on any atom is -0.351 e. The minimum absolute atomic E-state index is 0.147. The molecule has 2 rings (SSSR count). The molecular weight excluding hydrogens is 248 g/mol. The smallest absolute Gasteiger partial charge is 0.251 e. The number of nitrogens with one attached hydrogen (secondary N) is 1. The first-order valence-electron chi connectivity index (χ1n) is 6.54. The van der Waals surface area contributed by atoms with E-state index in [-0.39, 0.29) is 11.8 Å². The molecule has 3 heteroatoms. The van der Waals surface area contributed by atoms with E-state index in [1.54, 1.807) is 19.1 Å². The summed E-state index contributed by atoms with van der Waals surface area (Å²) in [5.74, 6) is -0.325. The fourth-order valence-corrected chi connectivity index (χ4v) is 1.84. The summed E-state index contributed by atoms with van der Waals surface area (Å²) in [4.78, 5) is 11.9. The lowest BCUT2D eigenvalue weighted by molar-refractivity contribution is 0.0951. The SMILES string of the molecule is CC(C#N)CNC(=O)c1ccc(-c2ccccc2)cc1. The van der Waals surface area contributed by atoms with E-state index >= 15 is 0 Å². The first kappa shape index (κ1) is 13.8. The highest BCUT2D eigenvalue weighted by molar-refractivity contribution is 5.94. The van der Waals surface area contributed by atoms with Crippen molar-refractivity contribution < 1.29 is 4.79 Å². The Morgan fingerprint density at radius 1 is 1.10 bits per heavy atom. The van der Waals surface area contributed by atoms with Crippen molar-refractivity contribution in [2.75, 3.05) is 6.54 Å². The van der Waals surface area contributed by atoms with Gasteiger partial charge in [0.05, 0.1) is 12.0 Å². The fourth-order valence-electron chi connectivity index (χ4n) is 1.84. The number of carbonyl (C=O) groups is 1. The average Bonchev–Trinajstić information content (AvgIpc) is 2.53. The Balaban J connectivity index is 2.05. The van der Waals surface area contributed by atoms with Crippen LogP contribution in [0.25, 0.3) is 11.1 Å². The van der Waals surface area contributed by atoms with Crippen molar-refractivity contribution >= 4 is 5.91 Å². The van der Waals surface area contributed by atoms with Gasteiger partial charge in [-0.05, 0) is 30.2 Å². The number of carbonyl (C=O) groups excluding carboxylic acids is 1. The molecule has 0 spiro atoms. The molecule has 0 fully saturated rings. The Bertz CT molecular complexity index is 612. The molecule has 0 bridgehead atoms. The second-order valence-electron chi connectivity index (χ2n) is 4.68. The second kappa shape index (κ2) is 6.53. The highest BCUT2D eigenvalue weighted by Crippen LogP contribution is 2.19. The van der Waals surface area contributed by atoms with Gasteiger partial charge in [-0.3, -0.25) is 4.79 Å². The zero-order valence-corrected chi connectivity index (χ0v) is 11.3. The third-order valence-corrected chi connectivity index (χ3v) is 3.04. The van der Waals surface area contributed by atoms with Crippen LogP contribution in [0.15, 0.2) is 54.6 Å². The summed E-state index contributed by atoms with van der Waals surface area (Å²) in [5, 5.41) is 11.4. The van der Waals surface area contributed by atoms with Gasteiger partial charge in [0.1, 0.15) is 0 Å². The topological polar surface area (TPSA) is 52.9 Å². The lowest BCUT2D eigenvalue weighted by atomic mass is 10.0. The van der Waals surface area contributed by atoms with Crippen LogP contribution < -0.4 is 5.32 Å². The molecule has 20 heavy (non-hydrogen) atoms. The lowest BCUT2D eigenvalue weighted by Gasteiger charge is -2.07. The van der Waals surface area contributed by atoms with Crippen LogP contribution in [0.1, 0.15) is 17.3 Å². The molecule has 0 aliphatic heterocycles. The molecule has 3 nitrogen and oxygen atoms in total. The van der Waals surface area contributed by atoms with Crippen LogP contribution in [-0.2, 0) is 0 Å². The number of benzene rings is 2. The van der Waals surface area contributed by atoms with Crippen LogP contribution in [0.4, 0.5) is 0 Å². The first-order valence-corrected chi connectivity index (χ1v) is 6.54. The van der Waals surface area contributed by atoms with Crippen LogP contribution in [0.2, 0.25) is 0 Å². The molecule has 0 saturated heterocycles. The van der Waals surface area contributed by atoms with E-state index in [9.17, 15) is 4.79 Å². The Hall–Kier alpha value is -2.60. The molecule has 0 saturated carbocycles. The van der Waals surface area contributed by atoms with E-state index < -0.39 is 0 Å². The van der Waals surface area contributed by atoms with Gasteiger partial charge >= 0.3 is 0 Å². The molecule has 1 N–H and O–H groups in total. The molecule has 100 valence electrons. The van der Waals surface area contributed by atoms with Crippen molar-refractivity contribution in [3.8, 4) is 17.2 Å². The predicted molar refractivity (Wildman–Crippen MR) is 79.0 cm³/mol. The Morgan fingerprint density at radius 3 is 2.30 bits per heavy atom. The average molecular weight is 264 g/mol. The predicted octanol–water partition coefficient (Wildman–Crippen LogP) is 3.24. The maximum Gasteiger partial charge on any atom is 0.251 e. The van der Waals surface area contributed by atoms with Crippen molar-refractivity contribution in [2.24, 2.45) is 5.92 Å². The Labute approximate surface area is 118 Å². The summed E-state index contributed by atoms with van der Waals surface area (Å²) < 4.78 is 0. The minimum atomic E-state index is -0.178. The van der Waals surface area contributed by atoms with Gasteiger partial charge in [0.15, 0.2) is 0 Å². The van der Waals surface area contributed by atoms with E-state index in [1.165, 1.54) is 0 Å². The number of hydrogen-bond donors (Lipinski definition) is 1. The summed E-state index contributed by atoms with van der Waals surface area (Å²) in [7, 11) is 0. The quantitative estimate of drug-likeness (QED) is 0.921. The summed E-state index contributed by atoms with van der Waals surface area (Å²) in [6, 6.07) is 19.6. The van der Waals surface area contributed by atoms with Crippen molar-refractivity contribution in [1.29, 1.82) is 5.26 Å². The molecule has 2 aromatic carbocycles. The number of nitriles is 1. The highest BCUT2D eigenvalue weighted by Gasteiger charge is 2.07. The number of nitrogens with zero attached hydrogens (tertiary/aromatic N) is 1. The maximum absolute atomic E-state index is 11.9. The Morgan fingerprint density at radius 2 is 1.70 bits per heavy atom. The normalized spacial score (nSPS) is 11.4. The van der Waals surface area contributed by atoms with Crippen molar-refractivity contribution in [3.63, 3.8) is 0 Å². The standard InChI is InChI=1S/C17H16N2O/c1-13(11-18)12-19-17(20)16-9-7-15(8-10-16)14-5-3-2-4-6-14/h2-10,13H,12H2,1H3,(H,19,20). The van der Waals surface area contributed by atoms with Gasteiger partial charge < -0.3 is 5.32 Å². The van der Waals surface area contributed by atoms with Crippen LogP contribution in [0, 0.1) is 17.2 Å². The van der Waals surface area contributed by atoms with Crippen LogP contribution in [0.3, 0.4) is 0 Å². The monoisotopic (exact) mass is 264 g/mol.